The molecule has 122 valence electrons. The smallest absolute Gasteiger partial charge is 0.0991 e. The second kappa shape index (κ2) is 6.94. The van der Waals surface area contributed by atoms with Crippen LogP contribution >= 0.6 is 0 Å². The van der Waals surface area contributed by atoms with Crippen molar-refractivity contribution in [2.24, 2.45) is 0 Å². The lowest BCUT2D eigenvalue weighted by Gasteiger charge is -2.17. The summed E-state index contributed by atoms with van der Waals surface area (Å²) < 4.78 is 0. The van der Waals surface area contributed by atoms with Crippen molar-refractivity contribution < 1.29 is 0 Å². The van der Waals surface area contributed by atoms with Gasteiger partial charge in [0, 0.05) is 31.1 Å². The summed E-state index contributed by atoms with van der Waals surface area (Å²) in [7, 11) is 4.20. The summed E-state index contributed by atoms with van der Waals surface area (Å²) in [6.07, 6.45) is 7.27. The van der Waals surface area contributed by atoms with Gasteiger partial charge in [-0.2, -0.15) is 5.26 Å². The SMILES string of the molecule is CC(C1=C(CCN(C)C)Cc2cc(C#N)ccc21)c1cnccn1. The molecule has 0 radical (unpaired) electrons. The predicted molar refractivity (Wildman–Crippen MR) is 95.4 cm³/mol. The number of nitriles is 1. The van der Waals surface area contributed by atoms with Gasteiger partial charge in [-0.25, -0.2) is 0 Å². The van der Waals surface area contributed by atoms with E-state index in [-0.39, 0.29) is 5.92 Å². The van der Waals surface area contributed by atoms with Gasteiger partial charge >= 0.3 is 0 Å². The number of fused-ring (bicyclic) bond motifs is 1. The molecule has 0 aliphatic heterocycles. The third-order valence-electron chi connectivity index (χ3n) is 4.63. The van der Waals surface area contributed by atoms with Gasteiger partial charge < -0.3 is 4.90 Å². The zero-order valence-electron chi connectivity index (χ0n) is 14.5. The highest BCUT2D eigenvalue weighted by Crippen LogP contribution is 2.42. The second-order valence-electron chi connectivity index (χ2n) is 6.58. The predicted octanol–water partition coefficient (Wildman–Crippen LogP) is 3.41. The molecule has 0 spiro atoms. The summed E-state index contributed by atoms with van der Waals surface area (Å²) in [6, 6.07) is 8.29. The molecule has 1 unspecified atom stereocenters. The van der Waals surface area contributed by atoms with E-state index < -0.39 is 0 Å². The third-order valence-corrected chi connectivity index (χ3v) is 4.63. The Morgan fingerprint density at radius 3 is 2.79 bits per heavy atom. The first kappa shape index (κ1) is 16.4. The van der Waals surface area contributed by atoms with Crippen LogP contribution in [0.4, 0.5) is 0 Å². The fourth-order valence-electron chi connectivity index (χ4n) is 3.39. The van der Waals surface area contributed by atoms with Crippen molar-refractivity contribution in [1.82, 2.24) is 14.9 Å². The van der Waals surface area contributed by atoms with Crippen LogP contribution in [0.1, 0.15) is 41.6 Å². The maximum absolute atomic E-state index is 9.18. The molecule has 0 saturated carbocycles. The highest BCUT2D eigenvalue weighted by Gasteiger charge is 2.27. The summed E-state index contributed by atoms with van der Waals surface area (Å²) in [5.74, 6) is 0.199. The Hall–Kier alpha value is -2.51. The van der Waals surface area contributed by atoms with Crippen molar-refractivity contribution >= 4 is 5.57 Å². The first-order valence-corrected chi connectivity index (χ1v) is 8.26. The lowest BCUT2D eigenvalue weighted by Crippen LogP contribution is -2.14. The Kier molecular flexibility index (Phi) is 4.73. The van der Waals surface area contributed by atoms with E-state index in [1.165, 1.54) is 22.3 Å². The highest BCUT2D eigenvalue weighted by atomic mass is 15.0. The summed E-state index contributed by atoms with van der Waals surface area (Å²) in [5, 5.41) is 9.18. The fourth-order valence-corrected chi connectivity index (χ4v) is 3.39. The number of aromatic nitrogens is 2. The molecule has 2 aromatic rings. The number of benzene rings is 1. The number of nitrogens with zero attached hydrogens (tertiary/aromatic N) is 4. The van der Waals surface area contributed by atoms with Crippen LogP contribution in [0.15, 0.2) is 42.4 Å². The van der Waals surface area contributed by atoms with E-state index in [2.05, 4.69) is 48.0 Å². The van der Waals surface area contributed by atoms with Crippen molar-refractivity contribution in [2.75, 3.05) is 20.6 Å². The van der Waals surface area contributed by atoms with Crippen LogP contribution in [0.25, 0.3) is 5.57 Å². The molecular weight excluding hydrogens is 296 g/mol. The minimum Gasteiger partial charge on any atom is -0.309 e. The number of hydrogen-bond acceptors (Lipinski definition) is 4. The minimum absolute atomic E-state index is 0.199. The standard InChI is InChI=1S/C20H22N4/c1-14(19-13-22-7-8-23-19)20-16(6-9-24(2)3)11-17-10-15(12-21)4-5-18(17)20/h4-5,7-8,10,13-14H,6,9,11H2,1-3H3. The summed E-state index contributed by atoms with van der Waals surface area (Å²) in [4.78, 5) is 10.9. The summed E-state index contributed by atoms with van der Waals surface area (Å²) in [6.45, 7) is 3.22. The molecule has 1 aromatic heterocycles. The largest absolute Gasteiger partial charge is 0.309 e. The molecule has 24 heavy (non-hydrogen) atoms. The summed E-state index contributed by atoms with van der Waals surface area (Å²) in [5.41, 5.74) is 7.06. The third kappa shape index (κ3) is 3.22. The van der Waals surface area contributed by atoms with Crippen LogP contribution < -0.4 is 0 Å². The monoisotopic (exact) mass is 318 g/mol. The van der Waals surface area contributed by atoms with Gasteiger partial charge in [-0.3, -0.25) is 9.97 Å². The quantitative estimate of drug-likeness (QED) is 0.847. The molecule has 4 nitrogen and oxygen atoms in total. The zero-order valence-corrected chi connectivity index (χ0v) is 14.5. The van der Waals surface area contributed by atoms with Crippen molar-refractivity contribution in [3.63, 3.8) is 0 Å². The second-order valence-corrected chi connectivity index (χ2v) is 6.58. The van der Waals surface area contributed by atoms with E-state index in [9.17, 15) is 5.26 Å². The van der Waals surface area contributed by atoms with Gasteiger partial charge in [0.1, 0.15) is 0 Å². The fraction of sp³-hybridized carbons (Fsp3) is 0.350. The molecule has 1 aromatic carbocycles. The zero-order chi connectivity index (χ0) is 17.1. The topological polar surface area (TPSA) is 52.8 Å². The van der Waals surface area contributed by atoms with Gasteiger partial charge in [0.2, 0.25) is 0 Å². The van der Waals surface area contributed by atoms with Gasteiger partial charge in [0.15, 0.2) is 0 Å². The normalized spacial score (nSPS) is 14.6. The minimum atomic E-state index is 0.199. The van der Waals surface area contributed by atoms with Gasteiger partial charge in [-0.15, -0.1) is 0 Å². The molecule has 1 aliphatic carbocycles. The first-order valence-electron chi connectivity index (χ1n) is 8.26. The molecule has 1 heterocycles. The van der Waals surface area contributed by atoms with E-state index in [1.54, 1.807) is 12.4 Å². The van der Waals surface area contributed by atoms with Crippen molar-refractivity contribution in [2.45, 2.75) is 25.7 Å². The van der Waals surface area contributed by atoms with Crippen molar-refractivity contribution in [3.05, 3.63) is 64.7 Å². The molecule has 0 saturated heterocycles. The van der Waals surface area contributed by atoms with Crippen molar-refractivity contribution in [3.8, 4) is 6.07 Å². The number of hydrogen-bond donors (Lipinski definition) is 0. The molecule has 0 N–H and O–H groups in total. The maximum Gasteiger partial charge on any atom is 0.0991 e. The lowest BCUT2D eigenvalue weighted by atomic mass is 9.90. The molecule has 1 aliphatic rings. The first-order chi connectivity index (χ1) is 11.6. The van der Waals surface area contributed by atoms with Crippen LogP contribution in [-0.2, 0) is 6.42 Å². The maximum atomic E-state index is 9.18. The molecule has 1 atom stereocenters. The van der Waals surface area contributed by atoms with Gasteiger partial charge in [-0.05, 0) is 55.8 Å². The van der Waals surface area contributed by atoms with E-state index in [1.807, 2.05) is 18.3 Å². The van der Waals surface area contributed by atoms with Gasteiger partial charge in [0.25, 0.3) is 0 Å². The van der Waals surface area contributed by atoms with Gasteiger partial charge in [0.05, 0.1) is 17.3 Å². The van der Waals surface area contributed by atoms with E-state index in [4.69, 9.17) is 0 Å². The van der Waals surface area contributed by atoms with Gasteiger partial charge in [-0.1, -0.05) is 18.6 Å². The van der Waals surface area contributed by atoms with Crippen LogP contribution in [-0.4, -0.2) is 35.5 Å². The molecule has 0 bridgehead atoms. The van der Waals surface area contributed by atoms with E-state index >= 15 is 0 Å². The Labute approximate surface area is 143 Å². The molecule has 0 fully saturated rings. The Bertz CT molecular complexity index is 800. The highest BCUT2D eigenvalue weighted by molar-refractivity contribution is 5.80. The molecule has 3 rings (SSSR count). The van der Waals surface area contributed by atoms with Crippen LogP contribution in [0.2, 0.25) is 0 Å². The van der Waals surface area contributed by atoms with Crippen LogP contribution in [0.3, 0.4) is 0 Å². The average Bonchev–Trinajstić information content (AvgIpc) is 2.97. The van der Waals surface area contributed by atoms with E-state index in [0.717, 1.165) is 30.6 Å². The molecule has 4 heteroatoms. The number of allylic oxidation sites excluding steroid dienone is 1. The average molecular weight is 318 g/mol. The van der Waals surface area contributed by atoms with Crippen molar-refractivity contribution in [1.29, 1.82) is 5.26 Å². The van der Waals surface area contributed by atoms with E-state index in [0.29, 0.717) is 0 Å². The van der Waals surface area contributed by atoms with Crippen LogP contribution in [0, 0.1) is 11.3 Å². The Morgan fingerprint density at radius 2 is 2.12 bits per heavy atom. The van der Waals surface area contributed by atoms with Crippen LogP contribution in [0.5, 0.6) is 0 Å². The molecule has 0 amide bonds. The Morgan fingerprint density at radius 1 is 1.29 bits per heavy atom. The lowest BCUT2D eigenvalue weighted by molar-refractivity contribution is 0.412. The molecular formula is C20H22N4. The number of rotatable bonds is 5. The summed E-state index contributed by atoms with van der Waals surface area (Å²) >= 11 is 0. The Balaban J connectivity index is 2.02.